The lowest BCUT2D eigenvalue weighted by Gasteiger charge is -1.93. The molecule has 0 unspecified atom stereocenters. The van der Waals surface area contributed by atoms with E-state index >= 15 is 0 Å². The SMILES string of the molecule is CC[B]C(C)C. The van der Waals surface area contributed by atoms with Crippen LogP contribution in [-0.4, -0.2) is 7.28 Å². The van der Waals surface area contributed by atoms with Gasteiger partial charge >= 0.3 is 0 Å². The molecule has 0 bridgehead atoms. The van der Waals surface area contributed by atoms with Gasteiger partial charge in [-0.25, -0.2) is 0 Å². The molecule has 0 spiro atoms. The van der Waals surface area contributed by atoms with E-state index in [0.29, 0.717) is 0 Å². The summed E-state index contributed by atoms with van der Waals surface area (Å²) in [6.07, 6.45) is 1.21. The largest absolute Gasteiger partial charge is 0.112 e. The van der Waals surface area contributed by atoms with Gasteiger partial charge in [-0.2, -0.15) is 0 Å². The Morgan fingerprint density at radius 2 is 2.00 bits per heavy atom. The maximum atomic E-state index is 2.29. The fourth-order valence-electron chi connectivity index (χ4n) is 0.471. The molecule has 0 aromatic carbocycles. The van der Waals surface area contributed by atoms with E-state index < -0.39 is 0 Å². The van der Waals surface area contributed by atoms with E-state index in [-0.39, 0.29) is 0 Å². The van der Waals surface area contributed by atoms with Crippen LogP contribution >= 0.6 is 0 Å². The van der Waals surface area contributed by atoms with Crippen LogP contribution in [0, 0.1) is 0 Å². The Balaban J connectivity index is 2.63. The first-order valence-corrected chi connectivity index (χ1v) is 2.60. The van der Waals surface area contributed by atoms with Gasteiger partial charge in [-0.1, -0.05) is 32.9 Å². The van der Waals surface area contributed by atoms with E-state index in [9.17, 15) is 0 Å². The molecule has 1 heteroatoms. The quantitative estimate of drug-likeness (QED) is 0.447. The van der Waals surface area contributed by atoms with Crippen molar-refractivity contribution in [3.63, 3.8) is 0 Å². The van der Waals surface area contributed by atoms with Crippen LogP contribution in [0.5, 0.6) is 0 Å². The Bertz CT molecular complexity index is 25.1. The summed E-state index contributed by atoms with van der Waals surface area (Å²) in [6.45, 7) is 6.56. The first kappa shape index (κ1) is 6.06. The summed E-state index contributed by atoms with van der Waals surface area (Å²) >= 11 is 0. The third-order valence-electron chi connectivity index (χ3n) is 0.707. The highest BCUT2D eigenvalue weighted by Crippen LogP contribution is 1.97. The predicted octanol–water partition coefficient (Wildman–Crippen LogP) is 1.96. The van der Waals surface area contributed by atoms with Gasteiger partial charge < -0.3 is 0 Å². The third kappa shape index (κ3) is 4.06. The monoisotopic (exact) mass is 83.1 g/mol. The molecule has 0 aromatic heterocycles. The molecule has 0 amide bonds. The molecule has 1 radical (unpaired) electrons. The van der Waals surface area contributed by atoms with E-state index in [1.165, 1.54) is 6.32 Å². The zero-order valence-electron chi connectivity index (χ0n) is 4.86. The summed E-state index contributed by atoms with van der Waals surface area (Å²) in [6, 6.07) is 0. The Kier molecular flexibility index (Phi) is 3.30. The van der Waals surface area contributed by atoms with Crippen LogP contribution in [0.1, 0.15) is 20.8 Å². The minimum atomic E-state index is 0.773. The van der Waals surface area contributed by atoms with Crippen molar-refractivity contribution in [1.82, 2.24) is 0 Å². The van der Waals surface area contributed by atoms with Crippen molar-refractivity contribution in [3.05, 3.63) is 0 Å². The van der Waals surface area contributed by atoms with Gasteiger partial charge in [0.05, 0.1) is 0 Å². The van der Waals surface area contributed by atoms with Crippen molar-refractivity contribution in [2.45, 2.75) is 32.9 Å². The second-order valence-corrected chi connectivity index (χ2v) is 1.89. The molecule has 0 saturated carbocycles. The van der Waals surface area contributed by atoms with Crippen molar-refractivity contribution in [2.24, 2.45) is 0 Å². The highest BCUT2D eigenvalue weighted by atomic mass is 13.7. The molecule has 35 valence electrons. The standard InChI is InChI=1S/C5H12B/c1-4-6-5(2)3/h5H,4H2,1-3H3. The number of hydrogen-bond acceptors (Lipinski definition) is 0. The molecular weight excluding hydrogens is 70.9 g/mol. The average molecular weight is 83.0 g/mol. The van der Waals surface area contributed by atoms with E-state index in [0.717, 1.165) is 5.82 Å². The minimum Gasteiger partial charge on any atom is -0.0828 e. The van der Waals surface area contributed by atoms with Crippen LogP contribution in [0.25, 0.3) is 0 Å². The smallest absolute Gasteiger partial charge is 0.0828 e. The second-order valence-electron chi connectivity index (χ2n) is 1.89. The van der Waals surface area contributed by atoms with Crippen molar-refractivity contribution in [3.8, 4) is 0 Å². The zero-order valence-corrected chi connectivity index (χ0v) is 4.86. The third-order valence-corrected chi connectivity index (χ3v) is 0.707. The maximum absolute atomic E-state index is 2.29. The van der Waals surface area contributed by atoms with Crippen LogP contribution in [-0.2, 0) is 0 Å². The molecule has 0 aliphatic rings. The summed E-state index contributed by atoms with van der Waals surface area (Å²) in [5.74, 6) is 0.773. The van der Waals surface area contributed by atoms with Gasteiger partial charge in [-0.15, -0.1) is 0 Å². The van der Waals surface area contributed by atoms with E-state index in [2.05, 4.69) is 28.1 Å². The molecule has 0 atom stereocenters. The van der Waals surface area contributed by atoms with E-state index in [4.69, 9.17) is 0 Å². The first-order chi connectivity index (χ1) is 2.77. The van der Waals surface area contributed by atoms with Crippen LogP contribution in [0.2, 0.25) is 12.1 Å². The summed E-state index contributed by atoms with van der Waals surface area (Å²) < 4.78 is 0. The molecule has 0 aliphatic carbocycles. The van der Waals surface area contributed by atoms with Gasteiger partial charge in [0.25, 0.3) is 0 Å². The lowest BCUT2D eigenvalue weighted by atomic mass is 9.64. The number of hydrogen-bond donors (Lipinski definition) is 0. The summed E-state index contributed by atoms with van der Waals surface area (Å²) in [4.78, 5) is 0. The molecular formula is C5H12B. The molecule has 0 aromatic rings. The zero-order chi connectivity index (χ0) is 4.99. The van der Waals surface area contributed by atoms with Crippen molar-refractivity contribution in [2.75, 3.05) is 0 Å². The van der Waals surface area contributed by atoms with Crippen LogP contribution < -0.4 is 0 Å². The molecule has 0 fully saturated rings. The summed E-state index contributed by atoms with van der Waals surface area (Å²) in [5, 5.41) is 0. The van der Waals surface area contributed by atoms with E-state index in [1.807, 2.05) is 0 Å². The lowest BCUT2D eigenvalue weighted by Crippen LogP contribution is -1.89. The molecule has 6 heavy (non-hydrogen) atoms. The Morgan fingerprint density at radius 3 is 2.00 bits per heavy atom. The maximum Gasteiger partial charge on any atom is 0.112 e. The van der Waals surface area contributed by atoms with Crippen LogP contribution in [0.3, 0.4) is 0 Å². The van der Waals surface area contributed by atoms with Crippen molar-refractivity contribution < 1.29 is 0 Å². The highest BCUT2D eigenvalue weighted by molar-refractivity contribution is 6.36. The Labute approximate surface area is 41.2 Å². The molecule has 0 saturated heterocycles. The molecule has 0 nitrogen and oxygen atoms in total. The fraction of sp³-hybridized carbons (Fsp3) is 1.00. The molecule has 0 N–H and O–H groups in total. The van der Waals surface area contributed by atoms with Crippen molar-refractivity contribution >= 4 is 7.28 Å². The molecule has 0 heterocycles. The number of rotatable bonds is 2. The van der Waals surface area contributed by atoms with Crippen LogP contribution in [0.4, 0.5) is 0 Å². The second kappa shape index (κ2) is 3.26. The average Bonchev–Trinajstić information content (AvgIpc) is 1.35. The van der Waals surface area contributed by atoms with Gasteiger partial charge in [0.15, 0.2) is 0 Å². The van der Waals surface area contributed by atoms with Gasteiger partial charge in [-0.3, -0.25) is 0 Å². The van der Waals surface area contributed by atoms with Gasteiger partial charge in [0.1, 0.15) is 7.28 Å². The Hall–Kier alpha value is 0.0649. The molecule has 0 rings (SSSR count). The minimum absolute atomic E-state index is 0.773. The van der Waals surface area contributed by atoms with Gasteiger partial charge in [0, 0.05) is 0 Å². The fourth-order valence-corrected chi connectivity index (χ4v) is 0.471. The van der Waals surface area contributed by atoms with Gasteiger partial charge in [-0.05, 0) is 0 Å². The predicted molar refractivity (Wildman–Crippen MR) is 31.3 cm³/mol. The Morgan fingerprint density at radius 1 is 1.50 bits per heavy atom. The highest BCUT2D eigenvalue weighted by Gasteiger charge is 1.88. The van der Waals surface area contributed by atoms with Gasteiger partial charge in [0.2, 0.25) is 0 Å². The molecule has 0 aliphatic heterocycles. The van der Waals surface area contributed by atoms with E-state index in [1.54, 1.807) is 0 Å². The first-order valence-electron chi connectivity index (χ1n) is 2.60. The topological polar surface area (TPSA) is 0 Å². The normalized spacial score (nSPS) is 9.33. The van der Waals surface area contributed by atoms with Crippen LogP contribution in [0.15, 0.2) is 0 Å². The van der Waals surface area contributed by atoms with Crippen molar-refractivity contribution in [1.29, 1.82) is 0 Å². The summed E-state index contributed by atoms with van der Waals surface area (Å²) in [7, 11) is 2.29. The lowest BCUT2D eigenvalue weighted by molar-refractivity contribution is 1.05. The summed E-state index contributed by atoms with van der Waals surface area (Å²) in [5.41, 5.74) is 0.